The summed E-state index contributed by atoms with van der Waals surface area (Å²) in [6, 6.07) is 4.88. The molecule has 0 atom stereocenters. The molecule has 0 amide bonds. The molecule has 2 N–H and O–H groups in total. The van der Waals surface area contributed by atoms with Crippen molar-refractivity contribution in [3.8, 4) is 5.75 Å². The van der Waals surface area contributed by atoms with Crippen molar-refractivity contribution in [1.82, 2.24) is 0 Å². The summed E-state index contributed by atoms with van der Waals surface area (Å²) in [6.45, 7) is 4.06. The van der Waals surface area contributed by atoms with Gasteiger partial charge in [-0.1, -0.05) is 57.9 Å². The number of aromatic hydroxyl groups is 1. The molecular weight excluding hydrogens is 298 g/mol. The number of phenolic OH excluding ortho intramolecular Hbond substituents is 1. The van der Waals surface area contributed by atoms with Crippen molar-refractivity contribution in [3.05, 3.63) is 23.8 Å². The molecule has 0 radical (unpaired) electrons. The van der Waals surface area contributed by atoms with Gasteiger partial charge in [0, 0.05) is 0 Å². The lowest BCUT2D eigenvalue weighted by atomic mass is 10.1. The van der Waals surface area contributed by atoms with Gasteiger partial charge in [0.05, 0.1) is 11.4 Å². The lowest BCUT2D eigenvalue weighted by molar-refractivity contribution is 0.477. The highest BCUT2D eigenvalue weighted by Crippen LogP contribution is 2.25. The molecule has 126 valence electrons. The molecule has 4 nitrogen and oxygen atoms in total. The molecule has 0 unspecified atom stereocenters. The van der Waals surface area contributed by atoms with Crippen molar-refractivity contribution in [1.29, 1.82) is 0 Å². The van der Waals surface area contributed by atoms with Gasteiger partial charge in [-0.3, -0.25) is 4.72 Å². The molecule has 0 aliphatic heterocycles. The molecule has 0 saturated heterocycles. The smallest absolute Gasteiger partial charge is 0.232 e. The number of hydrogen-bond donors (Lipinski definition) is 2. The van der Waals surface area contributed by atoms with E-state index in [0.29, 0.717) is 6.42 Å². The van der Waals surface area contributed by atoms with Crippen LogP contribution in [0.5, 0.6) is 5.75 Å². The second-order valence-corrected chi connectivity index (χ2v) is 7.76. The van der Waals surface area contributed by atoms with Gasteiger partial charge in [-0.25, -0.2) is 8.42 Å². The Labute approximate surface area is 135 Å². The molecule has 22 heavy (non-hydrogen) atoms. The van der Waals surface area contributed by atoms with E-state index in [1.165, 1.54) is 38.2 Å². The van der Waals surface area contributed by atoms with Gasteiger partial charge in [-0.15, -0.1) is 0 Å². The maximum Gasteiger partial charge on any atom is 0.232 e. The Morgan fingerprint density at radius 3 is 2.23 bits per heavy atom. The van der Waals surface area contributed by atoms with E-state index in [9.17, 15) is 13.5 Å². The first-order valence-electron chi connectivity index (χ1n) is 8.24. The van der Waals surface area contributed by atoms with Crippen LogP contribution in [0.25, 0.3) is 0 Å². The number of aryl methyl sites for hydroxylation is 1. The SMILES string of the molecule is CCCCCCCCCCS(=O)(=O)Nc1cc(C)ccc1O. The molecule has 0 heterocycles. The first-order valence-corrected chi connectivity index (χ1v) is 9.90. The zero-order chi connectivity index (χ0) is 16.4. The molecule has 0 aliphatic carbocycles. The molecule has 0 aromatic heterocycles. The van der Waals surface area contributed by atoms with Crippen LogP contribution in [0, 0.1) is 6.92 Å². The fourth-order valence-corrected chi connectivity index (χ4v) is 3.56. The fraction of sp³-hybridized carbons (Fsp3) is 0.647. The lowest BCUT2D eigenvalue weighted by Gasteiger charge is -2.10. The third-order valence-corrected chi connectivity index (χ3v) is 5.04. The molecule has 1 aromatic rings. The van der Waals surface area contributed by atoms with E-state index in [2.05, 4.69) is 11.6 Å². The Morgan fingerprint density at radius 2 is 1.59 bits per heavy atom. The van der Waals surface area contributed by atoms with Crippen LogP contribution in [0.3, 0.4) is 0 Å². The number of nitrogens with one attached hydrogen (secondary N) is 1. The fourth-order valence-electron chi connectivity index (χ4n) is 2.38. The minimum atomic E-state index is -3.39. The minimum Gasteiger partial charge on any atom is -0.506 e. The number of phenols is 1. The van der Waals surface area contributed by atoms with Gasteiger partial charge in [-0.2, -0.15) is 0 Å². The van der Waals surface area contributed by atoms with E-state index in [1.54, 1.807) is 12.1 Å². The number of unbranched alkanes of at least 4 members (excludes halogenated alkanes) is 7. The van der Waals surface area contributed by atoms with Gasteiger partial charge in [0.2, 0.25) is 10.0 Å². The zero-order valence-corrected chi connectivity index (χ0v) is 14.6. The molecule has 1 rings (SSSR count). The lowest BCUT2D eigenvalue weighted by Crippen LogP contribution is -2.16. The molecule has 0 fully saturated rings. The maximum atomic E-state index is 12.0. The second kappa shape index (κ2) is 9.72. The molecule has 0 spiro atoms. The van der Waals surface area contributed by atoms with Gasteiger partial charge in [0.1, 0.15) is 5.75 Å². The van der Waals surface area contributed by atoms with Gasteiger partial charge < -0.3 is 5.11 Å². The van der Waals surface area contributed by atoms with Crippen molar-refractivity contribution in [2.24, 2.45) is 0 Å². The van der Waals surface area contributed by atoms with E-state index >= 15 is 0 Å². The highest BCUT2D eigenvalue weighted by atomic mass is 32.2. The summed E-state index contributed by atoms with van der Waals surface area (Å²) in [7, 11) is -3.39. The number of anilines is 1. The van der Waals surface area contributed by atoms with E-state index in [-0.39, 0.29) is 17.2 Å². The van der Waals surface area contributed by atoms with Crippen molar-refractivity contribution in [2.75, 3.05) is 10.5 Å². The van der Waals surface area contributed by atoms with Crippen molar-refractivity contribution < 1.29 is 13.5 Å². The van der Waals surface area contributed by atoms with Crippen LogP contribution in [0.15, 0.2) is 18.2 Å². The summed E-state index contributed by atoms with van der Waals surface area (Å²) in [4.78, 5) is 0. The molecule has 1 aromatic carbocycles. The Hall–Kier alpha value is -1.23. The predicted molar refractivity (Wildman–Crippen MR) is 92.9 cm³/mol. The summed E-state index contributed by atoms with van der Waals surface area (Å²) in [6.07, 6.45) is 8.94. The Kier molecular flexibility index (Phi) is 8.31. The third-order valence-electron chi connectivity index (χ3n) is 3.68. The number of benzene rings is 1. The van der Waals surface area contributed by atoms with Crippen LogP contribution in [0.4, 0.5) is 5.69 Å². The van der Waals surface area contributed by atoms with Crippen molar-refractivity contribution in [3.63, 3.8) is 0 Å². The highest BCUT2D eigenvalue weighted by Gasteiger charge is 2.12. The van der Waals surface area contributed by atoms with E-state index in [4.69, 9.17) is 0 Å². The molecule has 0 aliphatic rings. The first-order chi connectivity index (χ1) is 10.4. The van der Waals surface area contributed by atoms with Crippen molar-refractivity contribution >= 4 is 15.7 Å². The monoisotopic (exact) mass is 327 g/mol. The topological polar surface area (TPSA) is 66.4 Å². The standard InChI is InChI=1S/C17H29NO3S/c1-3-4-5-6-7-8-9-10-13-22(20,21)18-16-14-15(2)11-12-17(16)19/h11-12,14,18-19H,3-10,13H2,1-2H3. The van der Waals surface area contributed by atoms with Gasteiger partial charge in [-0.05, 0) is 31.0 Å². The quantitative estimate of drug-likeness (QED) is 0.462. The number of rotatable bonds is 11. The predicted octanol–water partition coefficient (Wildman–Crippen LogP) is 4.58. The van der Waals surface area contributed by atoms with E-state index < -0.39 is 10.0 Å². The van der Waals surface area contributed by atoms with Crippen LogP contribution in [-0.4, -0.2) is 19.3 Å². The molecule has 0 saturated carbocycles. The Bertz CT molecular complexity index is 541. The summed E-state index contributed by atoms with van der Waals surface area (Å²) in [5.74, 6) is 0.0695. The summed E-state index contributed by atoms with van der Waals surface area (Å²) >= 11 is 0. The van der Waals surface area contributed by atoms with Gasteiger partial charge in [0.15, 0.2) is 0 Å². The third kappa shape index (κ3) is 7.69. The highest BCUT2D eigenvalue weighted by molar-refractivity contribution is 7.92. The van der Waals surface area contributed by atoms with Crippen LogP contribution in [-0.2, 0) is 10.0 Å². The van der Waals surface area contributed by atoms with Crippen LogP contribution in [0.2, 0.25) is 0 Å². The van der Waals surface area contributed by atoms with Crippen LogP contribution in [0.1, 0.15) is 63.9 Å². The largest absolute Gasteiger partial charge is 0.506 e. The van der Waals surface area contributed by atoms with E-state index in [1.807, 2.05) is 6.92 Å². The number of sulfonamides is 1. The van der Waals surface area contributed by atoms with Crippen LogP contribution < -0.4 is 4.72 Å². The summed E-state index contributed by atoms with van der Waals surface area (Å²) < 4.78 is 26.5. The minimum absolute atomic E-state index is 0.0369. The average molecular weight is 327 g/mol. The first kappa shape index (κ1) is 18.8. The average Bonchev–Trinajstić information content (AvgIpc) is 2.45. The molecule has 0 bridgehead atoms. The molecule has 5 heteroatoms. The summed E-state index contributed by atoms with van der Waals surface area (Å²) in [5.41, 5.74) is 1.17. The number of hydrogen-bond acceptors (Lipinski definition) is 3. The van der Waals surface area contributed by atoms with Crippen molar-refractivity contribution in [2.45, 2.75) is 65.2 Å². The Balaban J connectivity index is 2.28. The molecular formula is C17H29NO3S. The summed E-state index contributed by atoms with van der Waals surface area (Å²) in [5, 5.41) is 9.68. The van der Waals surface area contributed by atoms with Gasteiger partial charge in [0.25, 0.3) is 0 Å². The maximum absolute atomic E-state index is 12.0. The van der Waals surface area contributed by atoms with E-state index in [0.717, 1.165) is 18.4 Å². The normalized spacial score (nSPS) is 11.5. The van der Waals surface area contributed by atoms with Crippen LogP contribution >= 0.6 is 0 Å². The second-order valence-electron chi connectivity index (χ2n) is 5.92. The van der Waals surface area contributed by atoms with Gasteiger partial charge >= 0.3 is 0 Å². The Morgan fingerprint density at radius 1 is 1.00 bits per heavy atom. The zero-order valence-electron chi connectivity index (χ0n) is 13.8.